The Balaban J connectivity index is 1.13. The zero-order valence-electron chi connectivity index (χ0n) is 18.9. The highest BCUT2D eigenvalue weighted by Gasteiger charge is 2.28. The van der Waals surface area contributed by atoms with Crippen LogP contribution in [-0.4, -0.2) is 56.2 Å². The minimum Gasteiger partial charge on any atom is -0.710 e. The summed E-state index contributed by atoms with van der Waals surface area (Å²) in [5.41, 5.74) is 0. The van der Waals surface area contributed by atoms with Gasteiger partial charge >= 0.3 is 0 Å². The minimum atomic E-state index is 0.0534. The van der Waals surface area contributed by atoms with Crippen LogP contribution in [0, 0.1) is 17.0 Å². The molecule has 3 aliphatic rings. The van der Waals surface area contributed by atoms with Gasteiger partial charge in [0.05, 0.1) is 25.6 Å². The van der Waals surface area contributed by atoms with E-state index in [1.54, 1.807) is 6.07 Å². The van der Waals surface area contributed by atoms with Gasteiger partial charge in [-0.05, 0) is 70.0 Å². The molecule has 8 heteroatoms. The highest BCUT2D eigenvalue weighted by atomic mass is 35.5. The first kappa shape index (κ1) is 23.3. The summed E-state index contributed by atoms with van der Waals surface area (Å²) in [6.07, 6.45) is 6.53. The summed E-state index contributed by atoms with van der Waals surface area (Å²) < 4.78 is 6.31. The third kappa shape index (κ3) is 5.38. The molecule has 0 aromatic heterocycles. The molecule has 2 N–H and O–H groups in total. The number of hydrogen-bond donors (Lipinski definition) is 2. The molecule has 2 heterocycles. The van der Waals surface area contributed by atoms with E-state index in [1.165, 1.54) is 12.8 Å². The van der Waals surface area contributed by atoms with Crippen molar-refractivity contribution >= 4 is 23.3 Å². The van der Waals surface area contributed by atoms with Gasteiger partial charge in [-0.1, -0.05) is 11.6 Å². The SMILES string of the molecule is CCN(CCNCCC1CCC(NC(=O)C2CCOC2)CC1)C1=c2ccc(Cl)cc2=[N+]1[O-]. The average molecular weight is 463 g/mol. The van der Waals surface area contributed by atoms with Gasteiger partial charge < -0.3 is 20.6 Å². The van der Waals surface area contributed by atoms with Crippen molar-refractivity contribution in [1.82, 2.24) is 20.3 Å². The van der Waals surface area contributed by atoms with Crippen LogP contribution in [0.2, 0.25) is 5.02 Å². The van der Waals surface area contributed by atoms with Crippen molar-refractivity contribution in [1.29, 1.82) is 0 Å². The minimum absolute atomic E-state index is 0.0534. The van der Waals surface area contributed by atoms with Gasteiger partial charge in [0.2, 0.25) is 5.91 Å². The molecule has 1 aromatic carbocycles. The van der Waals surface area contributed by atoms with Crippen LogP contribution in [0.4, 0.5) is 0 Å². The summed E-state index contributed by atoms with van der Waals surface area (Å²) in [4.78, 5) is 14.4. The van der Waals surface area contributed by atoms with E-state index in [4.69, 9.17) is 16.3 Å². The van der Waals surface area contributed by atoms with Crippen molar-refractivity contribution in [3.05, 3.63) is 39.0 Å². The zero-order chi connectivity index (χ0) is 22.5. The normalized spacial score (nSPS) is 24.8. The van der Waals surface area contributed by atoms with E-state index in [9.17, 15) is 10.0 Å². The van der Waals surface area contributed by atoms with Gasteiger partial charge in [0.15, 0.2) is 0 Å². The number of hydroxylamine groups is 1. The smallest absolute Gasteiger partial charge is 0.291 e. The van der Waals surface area contributed by atoms with Crippen LogP contribution in [0.1, 0.15) is 45.4 Å². The summed E-state index contributed by atoms with van der Waals surface area (Å²) in [5, 5.41) is 21.4. The van der Waals surface area contributed by atoms with Crippen molar-refractivity contribution in [2.75, 3.05) is 39.4 Å². The second kappa shape index (κ2) is 10.9. The van der Waals surface area contributed by atoms with Crippen LogP contribution in [0.15, 0.2) is 18.2 Å². The lowest BCUT2D eigenvalue weighted by molar-refractivity contribution is -0.125. The van der Waals surface area contributed by atoms with E-state index in [2.05, 4.69) is 22.5 Å². The zero-order valence-corrected chi connectivity index (χ0v) is 19.7. The Bertz CT molecular complexity index is 924. The highest BCUT2D eigenvalue weighted by molar-refractivity contribution is 6.30. The van der Waals surface area contributed by atoms with Crippen molar-refractivity contribution in [3.8, 4) is 0 Å². The lowest BCUT2D eigenvalue weighted by atomic mass is 9.84. The number of benzene rings is 1. The molecule has 2 fully saturated rings. The molecule has 32 heavy (non-hydrogen) atoms. The fraction of sp³-hybridized carbons (Fsp3) is 0.667. The predicted octanol–water partition coefficient (Wildman–Crippen LogP) is 1.42. The number of hydrogen-bond acceptors (Lipinski definition) is 5. The van der Waals surface area contributed by atoms with E-state index in [1.807, 2.05) is 12.1 Å². The fourth-order valence-electron chi connectivity index (χ4n) is 5.05. The lowest BCUT2D eigenvalue weighted by Crippen LogP contribution is -2.55. The maximum absolute atomic E-state index is 12.4. The van der Waals surface area contributed by atoms with E-state index in [-0.39, 0.29) is 11.8 Å². The Morgan fingerprint density at radius 3 is 2.78 bits per heavy atom. The van der Waals surface area contributed by atoms with E-state index in [0.717, 1.165) is 73.6 Å². The molecule has 0 radical (unpaired) electrons. The van der Waals surface area contributed by atoms with Gasteiger partial charge in [-0.15, -0.1) is 0 Å². The number of nitrogens with one attached hydrogen (secondary N) is 2. The predicted molar refractivity (Wildman–Crippen MR) is 126 cm³/mol. The van der Waals surface area contributed by atoms with E-state index in [0.29, 0.717) is 29.6 Å². The quantitative estimate of drug-likeness (QED) is 0.312. The van der Waals surface area contributed by atoms with Crippen LogP contribution >= 0.6 is 11.6 Å². The number of likely N-dealkylation sites (N-methyl/N-ethyl adjacent to an activating group) is 1. The third-order valence-electron chi connectivity index (χ3n) is 7.07. The number of fused-ring (bicyclic) bond motifs is 1. The number of carbonyl (C=O) groups excluding carboxylic acids is 1. The number of rotatable bonds is 10. The molecular weight excluding hydrogens is 428 g/mol. The first-order chi connectivity index (χ1) is 15.6. The largest absolute Gasteiger partial charge is 0.710 e. The van der Waals surface area contributed by atoms with Gasteiger partial charge in [-0.25, -0.2) is 4.74 Å². The fourth-order valence-corrected chi connectivity index (χ4v) is 5.21. The van der Waals surface area contributed by atoms with Gasteiger partial charge in [-0.2, -0.15) is 0 Å². The van der Waals surface area contributed by atoms with Gasteiger partial charge in [0, 0.05) is 30.3 Å². The monoisotopic (exact) mass is 462 g/mol. The Hall–Kier alpha value is -1.83. The van der Waals surface area contributed by atoms with E-state index >= 15 is 0 Å². The molecule has 1 atom stereocenters. The molecular formula is C24H35ClN4O3. The Morgan fingerprint density at radius 1 is 1.25 bits per heavy atom. The highest BCUT2D eigenvalue weighted by Crippen LogP contribution is 2.27. The Morgan fingerprint density at radius 2 is 2.06 bits per heavy atom. The number of halogens is 1. The van der Waals surface area contributed by atoms with Crippen LogP contribution in [0.3, 0.4) is 0 Å². The Kier molecular flexibility index (Phi) is 7.92. The van der Waals surface area contributed by atoms with Crippen LogP contribution in [0.5, 0.6) is 0 Å². The van der Waals surface area contributed by atoms with Crippen LogP contribution in [0.25, 0.3) is 5.82 Å². The molecule has 1 unspecified atom stereocenters. The first-order valence-corrected chi connectivity index (χ1v) is 12.4. The second-order valence-corrected chi connectivity index (χ2v) is 9.62. The number of ether oxygens (including phenoxy) is 1. The molecule has 0 spiro atoms. The molecule has 4 rings (SSSR count). The summed E-state index contributed by atoms with van der Waals surface area (Å²) in [6, 6.07) is 5.82. The second-order valence-electron chi connectivity index (χ2n) is 9.18. The maximum Gasteiger partial charge on any atom is 0.291 e. The third-order valence-corrected chi connectivity index (χ3v) is 7.31. The van der Waals surface area contributed by atoms with Crippen molar-refractivity contribution < 1.29 is 9.53 Å². The molecule has 1 amide bonds. The molecule has 1 aromatic rings. The summed E-state index contributed by atoms with van der Waals surface area (Å²) >= 11 is 6.00. The van der Waals surface area contributed by atoms with Crippen LogP contribution in [-0.2, 0) is 9.53 Å². The number of carbonyl (C=O) groups is 1. The standard InChI is InChI=1S/C24H35ClN4O3/c1-2-28(24-21-8-5-19(25)15-22(21)29(24)31)13-12-26-11-9-17-3-6-20(7-4-17)27-23(30)18-10-14-32-16-18/h5,8,15,17-18,20,26H,2-4,6-7,9-14,16H2,1H3,(H,27,30). The van der Waals surface area contributed by atoms with Gasteiger partial charge in [0.1, 0.15) is 10.6 Å². The van der Waals surface area contributed by atoms with Gasteiger partial charge in [-0.3, -0.25) is 9.69 Å². The van der Waals surface area contributed by atoms with Crippen molar-refractivity contribution in [2.45, 2.75) is 51.5 Å². The lowest BCUT2D eigenvalue weighted by Gasteiger charge is -2.30. The summed E-state index contributed by atoms with van der Waals surface area (Å²) in [6.45, 7) is 6.80. The van der Waals surface area contributed by atoms with E-state index < -0.39 is 0 Å². The van der Waals surface area contributed by atoms with Crippen LogP contribution < -0.4 is 25.9 Å². The maximum atomic E-state index is 12.4. The molecule has 176 valence electrons. The van der Waals surface area contributed by atoms with Crippen molar-refractivity contribution in [3.63, 3.8) is 0 Å². The number of nitrogens with zero attached hydrogens (tertiary/aromatic N) is 2. The van der Waals surface area contributed by atoms with Crippen molar-refractivity contribution in [2.24, 2.45) is 11.8 Å². The molecule has 7 nitrogen and oxygen atoms in total. The van der Waals surface area contributed by atoms with Gasteiger partial charge in [0.25, 0.3) is 5.82 Å². The molecule has 0 bridgehead atoms. The average Bonchev–Trinajstić information content (AvgIpc) is 3.34. The summed E-state index contributed by atoms with van der Waals surface area (Å²) in [5.74, 6) is 1.70. The topological polar surface area (TPSA) is 79.7 Å². The molecule has 1 saturated carbocycles. The summed E-state index contributed by atoms with van der Waals surface area (Å²) in [7, 11) is 0. The molecule has 2 aliphatic heterocycles. The Labute approximate surface area is 195 Å². The number of amides is 1. The molecule has 1 aliphatic carbocycles. The molecule has 1 saturated heterocycles. The first-order valence-electron chi connectivity index (χ1n) is 12.0.